The number of hydrogen-bond donors (Lipinski definition) is 2. The lowest BCUT2D eigenvalue weighted by Crippen LogP contribution is -2.39. The zero-order chi connectivity index (χ0) is 14.8. The van der Waals surface area contributed by atoms with E-state index in [9.17, 15) is 9.90 Å². The number of fused-ring (bicyclic) bond motifs is 1. The largest absolute Gasteiger partial charge is 0.398 e. The van der Waals surface area contributed by atoms with Crippen LogP contribution in [0.1, 0.15) is 22.8 Å². The average Bonchev–Trinajstić information content (AvgIpc) is 2.54. The molecule has 1 atom stereocenters. The summed E-state index contributed by atoms with van der Waals surface area (Å²) in [6, 6.07) is 14.8. The number of nitrogen functional groups attached to an aromatic ring is 1. The molecule has 1 unspecified atom stereocenters. The van der Waals surface area contributed by atoms with Crippen molar-refractivity contribution in [3.63, 3.8) is 0 Å². The number of nitrogens with zero attached hydrogens (tertiary/aromatic N) is 1. The van der Waals surface area contributed by atoms with Gasteiger partial charge in [-0.25, -0.2) is 0 Å². The first-order chi connectivity index (χ1) is 10.2. The van der Waals surface area contributed by atoms with Gasteiger partial charge >= 0.3 is 0 Å². The van der Waals surface area contributed by atoms with E-state index in [1.165, 1.54) is 0 Å². The second-order valence-electron chi connectivity index (χ2n) is 5.31. The fourth-order valence-electron chi connectivity index (χ4n) is 2.78. The number of amides is 1. The molecule has 0 saturated carbocycles. The summed E-state index contributed by atoms with van der Waals surface area (Å²) in [5.74, 6) is -0.255. The number of anilines is 1. The van der Waals surface area contributed by atoms with Gasteiger partial charge < -0.3 is 15.7 Å². The molecule has 0 aliphatic carbocycles. The van der Waals surface area contributed by atoms with Crippen LogP contribution in [-0.4, -0.2) is 22.5 Å². The molecule has 2 aromatic rings. The minimum atomic E-state index is -1.10. The summed E-state index contributed by atoms with van der Waals surface area (Å²) in [4.78, 5) is 14.1. The molecule has 0 fully saturated rings. The summed E-state index contributed by atoms with van der Waals surface area (Å²) in [6.45, 7) is 1.09. The number of carbonyl (C=O) groups excluding carboxylic acids is 1. The SMILES string of the molecule is Nc1cccc2c1CCN(C(=O)C(O)c1ccccc1)C2. The smallest absolute Gasteiger partial charge is 0.256 e. The van der Waals surface area contributed by atoms with Crippen LogP contribution in [0.5, 0.6) is 0 Å². The number of aliphatic hydroxyl groups is 1. The first-order valence-corrected chi connectivity index (χ1v) is 7.05. The van der Waals surface area contributed by atoms with Crippen LogP contribution in [0.4, 0.5) is 5.69 Å². The molecule has 1 aliphatic heterocycles. The van der Waals surface area contributed by atoms with Crippen LogP contribution >= 0.6 is 0 Å². The lowest BCUT2D eigenvalue weighted by Gasteiger charge is -2.31. The van der Waals surface area contributed by atoms with E-state index in [2.05, 4.69) is 0 Å². The lowest BCUT2D eigenvalue weighted by molar-refractivity contribution is -0.141. The number of nitrogens with two attached hydrogens (primary N) is 1. The molecule has 1 amide bonds. The maximum atomic E-state index is 12.4. The lowest BCUT2D eigenvalue weighted by atomic mass is 9.97. The van der Waals surface area contributed by atoms with Crippen molar-refractivity contribution < 1.29 is 9.90 Å². The summed E-state index contributed by atoms with van der Waals surface area (Å²) in [7, 11) is 0. The van der Waals surface area contributed by atoms with Gasteiger partial charge in [0.2, 0.25) is 0 Å². The maximum Gasteiger partial charge on any atom is 0.256 e. The predicted molar refractivity (Wildman–Crippen MR) is 81.4 cm³/mol. The Morgan fingerprint density at radius 1 is 1.14 bits per heavy atom. The van der Waals surface area contributed by atoms with E-state index >= 15 is 0 Å². The molecule has 0 radical (unpaired) electrons. The van der Waals surface area contributed by atoms with Crippen LogP contribution < -0.4 is 5.73 Å². The van der Waals surface area contributed by atoms with Gasteiger partial charge in [-0.3, -0.25) is 4.79 Å². The Balaban J connectivity index is 1.78. The van der Waals surface area contributed by atoms with E-state index in [1.807, 2.05) is 36.4 Å². The van der Waals surface area contributed by atoms with E-state index in [1.54, 1.807) is 17.0 Å². The average molecular weight is 282 g/mol. The fourth-order valence-corrected chi connectivity index (χ4v) is 2.78. The summed E-state index contributed by atoms with van der Waals surface area (Å²) in [5, 5.41) is 10.2. The molecule has 0 bridgehead atoms. The minimum absolute atomic E-state index is 0.255. The van der Waals surface area contributed by atoms with Crippen molar-refractivity contribution >= 4 is 11.6 Å². The van der Waals surface area contributed by atoms with E-state index in [0.29, 0.717) is 18.7 Å². The maximum absolute atomic E-state index is 12.4. The predicted octanol–water partition coefficient (Wildman–Crippen LogP) is 1.89. The van der Waals surface area contributed by atoms with E-state index < -0.39 is 6.10 Å². The van der Waals surface area contributed by atoms with Crippen LogP contribution in [0.15, 0.2) is 48.5 Å². The standard InChI is InChI=1S/C17H18N2O2/c18-15-8-4-7-13-11-19(10-9-14(13)15)17(21)16(20)12-5-2-1-3-6-12/h1-8,16,20H,9-11,18H2. The molecule has 3 N–H and O–H groups in total. The van der Waals surface area contributed by atoms with E-state index in [-0.39, 0.29) is 5.91 Å². The van der Waals surface area contributed by atoms with Crippen LogP contribution in [0.2, 0.25) is 0 Å². The van der Waals surface area contributed by atoms with Crippen molar-refractivity contribution in [3.05, 3.63) is 65.2 Å². The van der Waals surface area contributed by atoms with Crippen molar-refractivity contribution in [2.45, 2.75) is 19.1 Å². The first-order valence-electron chi connectivity index (χ1n) is 7.05. The Kier molecular flexibility index (Phi) is 3.62. The van der Waals surface area contributed by atoms with Crippen LogP contribution in [0, 0.1) is 0 Å². The first kappa shape index (κ1) is 13.6. The molecule has 1 heterocycles. The Hall–Kier alpha value is -2.33. The summed E-state index contributed by atoms with van der Waals surface area (Å²) in [5.41, 5.74) is 9.55. The highest BCUT2D eigenvalue weighted by Crippen LogP contribution is 2.26. The van der Waals surface area contributed by atoms with Crippen LogP contribution in [-0.2, 0) is 17.8 Å². The molecule has 108 valence electrons. The molecule has 4 heteroatoms. The minimum Gasteiger partial charge on any atom is -0.398 e. The summed E-state index contributed by atoms with van der Waals surface area (Å²) < 4.78 is 0. The monoisotopic (exact) mass is 282 g/mol. The highest BCUT2D eigenvalue weighted by Gasteiger charge is 2.27. The number of aliphatic hydroxyl groups excluding tert-OH is 1. The third kappa shape index (κ3) is 2.62. The number of benzene rings is 2. The van der Waals surface area contributed by atoms with Crippen molar-refractivity contribution in [2.24, 2.45) is 0 Å². The Labute approximate surface area is 123 Å². The van der Waals surface area contributed by atoms with Crippen LogP contribution in [0.25, 0.3) is 0 Å². The van der Waals surface area contributed by atoms with Crippen LogP contribution in [0.3, 0.4) is 0 Å². The van der Waals surface area contributed by atoms with Gasteiger partial charge in [0.1, 0.15) is 0 Å². The molecular formula is C17H18N2O2. The second kappa shape index (κ2) is 5.58. The molecule has 0 saturated heterocycles. The van der Waals surface area contributed by atoms with Crippen molar-refractivity contribution in [1.82, 2.24) is 4.90 Å². The molecule has 2 aromatic carbocycles. The van der Waals surface area contributed by atoms with Crippen molar-refractivity contribution in [3.8, 4) is 0 Å². The molecule has 4 nitrogen and oxygen atoms in total. The van der Waals surface area contributed by atoms with Crippen molar-refractivity contribution in [2.75, 3.05) is 12.3 Å². The fraction of sp³-hybridized carbons (Fsp3) is 0.235. The van der Waals surface area contributed by atoms with Gasteiger partial charge in [0.05, 0.1) is 0 Å². The summed E-state index contributed by atoms with van der Waals surface area (Å²) >= 11 is 0. The Bertz CT molecular complexity index is 655. The summed E-state index contributed by atoms with van der Waals surface area (Å²) in [6.07, 6.45) is -0.372. The van der Waals surface area contributed by atoms with Gasteiger partial charge in [0.25, 0.3) is 5.91 Å². The van der Waals surface area contributed by atoms with Gasteiger partial charge in [0.15, 0.2) is 6.10 Å². The quantitative estimate of drug-likeness (QED) is 0.827. The van der Waals surface area contributed by atoms with Gasteiger partial charge in [-0.2, -0.15) is 0 Å². The molecule has 3 rings (SSSR count). The van der Waals surface area contributed by atoms with Gasteiger partial charge in [-0.1, -0.05) is 42.5 Å². The van der Waals surface area contributed by atoms with Gasteiger partial charge in [-0.05, 0) is 29.2 Å². The van der Waals surface area contributed by atoms with Gasteiger partial charge in [-0.15, -0.1) is 0 Å². The van der Waals surface area contributed by atoms with Gasteiger partial charge in [0, 0.05) is 18.8 Å². The highest BCUT2D eigenvalue weighted by molar-refractivity contribution is 5.82. The molecule has 21 heavy (non-hydrogen) atoms. The zero-order valence-electron chi connectivity index (χ0n) is 11.7. The Morgan fingerprint density at radius 3 is 2.67 bits per heavy atom. The normalized spacial score (nSPS) is 15.4. The molecule has 1 aliphatic rings. The molecule has 0 spiro atoms. The number of rotatable bonds is 2. The second-order valence-corrected chi connectivity index (χ2v) is 5.31. The van der Waals surface area contributed by atoms with Crippen molar-refractivity contribution in [1.29, 1.82) is 0 Å². The highest BCUT2D eigenvalue weighted by atomic mass is 16.3. The zero-order valence-corrected chi connectivity index (χ0v) is 11.7. The third-order valence-electron chi connectivity index (χ3n) is 3.96. The van der Waals surface area contributed by atoms with E-state index in [4.69, 9.17) is 5.73 Å². The topological polar surface area (TPSA) is 66.6 Å². The molecular weight excluding hydrogens is 264 g/mol. The third-order valence-corrected chi connectivity index (χ3v) is 3.96. The number of hydrogen-bond acceptors (Lipinski definition) is 3. The number of carbonyl (C=O) groups is 1. The van der Waals surface area contributed by atoms with E-state index in [0.717, 1.165) is 23.2 Å². The molecule has 0 aromatic heterocycles. The Morgan fingerprint density at radius 2 is 1.90 bits per heavy atom.